The molecule has 10 rings (SSSR count). The van der Waals surface area contributed by atoms with Crippen LogP contribution in [-0.4, -0.2) is 125 Å². The number of hydrogen-bond donors (Lipinski definition) is 0. The van der Waals surface area contributed by atoms with E-state index < -0.39 is 20.0 Å². The van der Waals surface area contributed by atoms with Gasteiger partial charge in [0.2, 0.25) is 20.0 Å². The summed E-state index contributed by atoms with van der Waals surface area (Å²) in [5, 5.41) is 0. The first-order valence-electron chi connectivity index (χ1n) is 24.7. The average Bonchev–Trinajstić information content (AvgIpc) is 3.44. The first kappa shape index (κ1) is 57.6. The minimum Gasteiger partial charge on any atom is -1.00 e. The van der Waals surface area contributed by atoms with Crippen LogP contribution in [0.5, 0.6) is 0 Å². The van der Waals surface area contributed by atoms with Crippen LogP contribution < -0.4 is 34.5 Å². The number of ether oxygens (including phenoxy) is 2. The molecule has 6 aromatic rings. The van der Waals surface area contributed by atoms with Crippen LogP contribution in [0.3, 0.4) is 0 Å². The van der Waals surface area contributed by atoms with E-state index in [0.717, 1.165) is 57.7 Å². The van der Waals surface area contributed by atoms with Gasteiger partial charge in [0.1, 0.15) is 0 Å². The fraction of sp³-hybridized carbons (Fsp3) is 0.333. The maximum Gasteiger partial charge on any atom is 1.00 e. The van der Waals surface area contributed by atoms with Gasteiger partial charge in [-0.15, -0.1) is 0 Å². The van der Waals surface area contributed by atoms with Crippen molar-refractivity contribution in [3.05, 3.63) is 196 Å². The second-order valence-corrected chi connectivity index (χ2v) is 22.4. The van der Waals surface area contributed by atoms with E-state index >= 15 is 0 Å². The van der Waals surface area contributed by atoms with Crippen molar-refractivity contribution >= 4 is 60.0 Å². The van der Waals surface area contributed by atoms with E-state index in [9.17, 15) is 26.4 Å². The molecule has 0 N–H and O–H groups in total. The van der Waals surface area contributed by atoms with Gasteiger partial charge < -0.3 is 15.8 Å². The summed E-state index contributed by atoms with van der Waals surface area (Å²) in [6.07, 6.45) is 2.36. The number of anilines is 1. The average molecular weight is 1160 g/mol. The fourth-order valence-corrected chi connectivity index (χ4v) is 12.4. The van der Waals surface area contributed by atoms with Crippen molar-refractivity contribution in [2.24, 2.45) is 0 Å². The van der Waals surface area contributed by atoms with Gasteiger partial charge in [0, 0.05) is 95.7 Å². The molecule has 17 heteroatoms. The predicted molar refractivity (Wildman–Crippen MR) is 295 cm³/mol. The van der Waals surface area contributed by atoms with Crippen molar-refractivity contribution < 1.29 is 66.9 Å². The smallest absolute Gasteiger partial charge is 1.00 e. The number of halogens is 1. The van der Waals surface area contributed by atoms with Gasteiger partial charge in [-0.25, -0.2) is 16.8 Å². The topological polar surface area (TPSA) is 137 Å². The van der Waals surface area contributed by atoms with Gasteiger partial charge in [-0.05, 0) is 105 Å². The van der Waals surface area contributed by atoms with Crippen LogP contribution in [0, 0.1) is 0 Å². The zero-order chi connectivity index (χ0) is 51.4. The van der Waals surface area contributed by atoms with Crippen LogP contribution in [0.25, 0.3) is 0 Å². The maximum atomic E-state index is 13.1. The van der Waals surface area contributed by atoms with Crippen LogP contribution >= 0.6 is 22.6 Å². The molecule has 6 aromatic carbocycles. The number of hydrogen-bond acceptors (Lipinski definition) is 10. The van der Waals surface area contributed by atoms with Gasteiger partial charge in [0.25, 0.3) is 5.91 Å². The van der Waals surface area contributed by atoms with Gasteiger partial charge in [0.15, 0.2) is 5.78 Å². The Labute approximate surface area is 474 Å². The van der Waals surface area contributed by atoms with Gasteiger partial charge in [-0.3, -0.25) is 19.4 Å². The van der Waals surface area contributed by atoms with Gasteiger partial charge in [-0.2, -0.15) is 8.61 Å². The summed E-state index contributed by atoms with van der Waals surface area (Å²) in [6, 6.07) is 45.9. The Morgan fingerprint density at radius 1 is 0.514 bits per heavy atom. The van der Waals surface area contributed by atoms with Crippen LogP contribution in [-0.2, 0) is 75.0 Å². The maximum absolute atomic E-state index is 13.1. The summed E-state index contributed by atoms with van der Waals surface area (Å²) in [5.74, 6) is -0.121. The third kappa shape index (κ3) is 14.7. The van der Waals surface area contributed by atoms with E-state index in [1.807, 2.05) is 53.5 Å². The number of alkyl halides is 1. The largest absolute Gasteiger partial charge is 1.00 e. The Morgan fingerprint density at radius 3 is 1.32 bits per heavy atom. The van der Waals surface area contributed by atoms with Gasteiger partial charge in [0.05, 0.1) is 36.2 Å². The molecule has 1 amide bonds. The standard InChI is InChI=1S/C28H31N3O4S.C28H30N2O4S.CH3I.Na.H/c1-29(26-10-12-27(13-11-26)36(33,34)31-16-18-35-19-17-31)28(32)24-8-6-22(7-9-24)20-30-15-14-23-4-2-3-5-25(23)21-30;31-28(19-22-7-11-27(12-8-22)35(32,33)30-15-17-34-18-16-30)25-9-5-23(6-10-25)20-29-14-13-24-3-1-2-4-26(24)21-29;1-2;;/h2-13H,14-21H2,1H3;1-12H,13-21H2;1H3;;/q;;;+1;-1. The first-order valence-corrected chi connectivity index (χ1v) is 29.7. The number of ketones is 1. The zero-order valence-corrected chi connectivity index (χ0v) is 48.4. The number of morpholine rings is 2. The molecule has 4 aliphatic heterocycles. The molecule has 74 heavy (non-hydrogen) atoms. The molecule has 0 aromatic heterocycles. The normalized spacial score (nSPS) is 16.4. The second kappa shape index (κ2) is 27.2. The number of nitrogens with zero attached hydrogens (tertiary/aromatic N) is 5. The minimum absolute atomic E-state index is 0. The van der Waals surface area contributed by atoms with Crippen molar-refractivity contribution in [3.63, 3.8) is 0 Å². The molecule has 4 aliphatic rings. The summed E-state index contributed by atoms with van der Waals surface area (Å²) in [6.45, 7) is 8.73. The van der Waals surface area contributed by atoms with Crippen molar-refractivity contribution in [1.29, 1.82) is 0 Å². The summed E-state index contributed by atoms with van der Waals surface area (Å²) in [7, 11) is -5.39. The van der Waals surface area contributed by atoms with Gasteiger partial charge in [-0.1, -0.05) is 120 Å². The van der Waals surface area contributed by atoms with Crippen molar-refractivity contribution in [3.8, 4) is 0 Å². The van der Waals surface area contributed by atoms with E-state index in [1.165, 1.54) is 42.0 Å². The van der Waals surface area contributed by atoms with Crippen LogP contribution in [0.2, 0.25) is 0 Å². The van der Waals surface area contributed by atoms with E-state index in [0.29, 0.717) is 69.4 Å². The third-order valence-corrected chi connectivity index (χ3v) is 17.6. The van der Waals surface area contributed by atoms with Crippen molar-refractivity contribution in [2.75, 3.05) is 82.6 Å². The first-order chi connectivity index (χ1) is 35.4. The van der Waals surface area contributed by atoms with E-state index in [-0.39, 0.29) is 58.9 Å². The second-order valence-electron chi connectivity index (χ2n) is 18.5. The van der Waals surface area contributed by atoms with E-state index in [1.54, 1.807) is 60.5 Å². The Balaban J connectivity index is 0.000000230. The molecule has 0 bridgehead atoms. The summed E-state index contributed by atoms with van der Waals surface area (Å²) >= 11 is 2.15. The Kier molecular flexibility index (Phi) is 21.2. The Bertz CT molecular complexity index is 3040. The van der Waals surface area contributed by atoms with Crippen molar-refractivity contribution in [1.82, 2.24) is 18.4 Å². The number of Topliss-reactive ketones (excluding diaryl/α,β-unsaturated/α-hetero) is 1. The molecule has 2 saturated heterocycles. The minimum atomic E-state index is -3.56. The summed E-state index contributed by atoms with van der Waals surface area (Å²) in [5.41, 5.74) is 10.7. The van der Waals surface area contributed by atoms with Crippen molar-refractivity contribution in [2.45, 2.75) is 55.2 Å². The predicted octanol–water partition coefficient (Wildman–Crippen LogP) is 5.40. The number of benzene rings is 6. The number of rotatable bonds is 13. The molecule has 13 nitrogen and oxygen atoms in total. The SMILES string of the molecule is CI.CN(C(=O)c1ccc(CN2CCc3ccccc3C2)cc1)c1ccc(S(=O)(=O)N2CCOCC2)cc1.O=C(Cc1ccc(S(=O)(=O)N2CCOCC2)cc1)c1ccc(CN2CCc3ccccc3C2)cc1.[H-].[Na+]. The number of carbonyl (C=O) groups excluding carboxylic acids is 2. The third-order valence-electron chi connectivity index (χ3n) is 13.7. The van der Waals surface area contributed by atoms with Crippen LogP contribution in [0.1, 0.15) is 61.1 Å². The number of sulfonamides is 2. The summed E-state index contributed by atoms with van der Waals surface area (Å²) in [4.78, 5) is 34.8. The quantitative estimate of drug-likeness (QED) is 0.0641. The summed E-state index contributed by atoms with van der Waals surface area (Å²) < 4.78 is 64.6. The molecule has 386 valence electrons. The number of fused-ring (bicyclic) bond motifs is 2. The molecule has 0 saturated carbocycles. The van der Waals surface area contributed by atoms with Gasteiger partial charge >= 0.3 is 29.6 Å². The number of amides is 1. The zero-order valence-electron chi connectivity index (χ0n) is 43.6. The van der Waals surface area contributed by atoms with E-state index in [2.05, 4.69) is 80.9 Å². The molecule has 0 aliphatic carbocycles. The van der Waals surface area contributed by atoms with Crippen LogP contribution in [0.4, 0.5) is 5.69 Å². The molecular formula is C57H65IN5NaO8S2. The molecule has 0 spiro atoms. The molecular weight excluding hydrogens is 1100 g/mol. The molecule has 0 unspecified atom stereocenters. The van der Waals surface area contributed by atoms with Crippen LogP contribution in [0.15, 0.2) is 155 Å². The molecule has 0 radical (unpaired) electrons. The molecule has 2 fully saturated rings. The monoisotopic (exact) mass is 1160 g/mol. The molecule has 4 heterocycles. The van der Waals surface area contributed by atoms with E-state index in [4.69, 9.17) is 9.47 Å². The Morgan fingerprint density at radius 2 is 0.892 bits per heavy atom. The Hall–Kier alpha value is -4.15. The number of carbonyl (C=O) groups is 2. The molecule has 0 atom stereocenters. The fourth-order valence-electron chi connectivity index (χ4n) is 9.53.